The number of imidazole rings is 1. The van der Waals surface area contributed by atoms with Gasteiger partial charge in [-0.3, -0.25) is 9.13 Å². The first-order valence-corrected chi connectivity index (χ1v) is 9.59. The van der Waals surface area contributed by atoms with Crippen molar-refractivity contribution in [3.05, 3.63) is 20.9 Å². The van der Waals surface area contributed by atoms with Gasteiger partial charge < -0.3 is 4.98 Å². The van der Waals surface area contributed by atoms with Crippen molar-refractivity contribution in [2.75, 3.05) is 0 Å². The van der Waals surface area contributed by atoms with Crippen molar-refractivity contribution in [3.63, 3.8) is 0 Å². The molecule has 2 heterocycles. The molecule has 0 aromatic carbocycles. The van der Waals surface area contributed by atoms with Gasteiger partial charge in [0, 0.05) is 34.8 Å². The zero-order valence-electron chi connectivity index (χ0n) is 15.1. The Morgan fingerprint density at radius 3 is 2.58 bits per heavy atom. The van der Waals surface area contributed by atoms with Crippen LogP contribution in [-0.4, -0.2) is 19.1 Å². The number of aromatic amines is 1. The number of fused-ring (bicyclic) bond motifs is 1. The number of nitrogens with zero attached hydrogens (tertiary/aromatic N) is 3. The number of hydrogen-bond donors (Lipinski definition) is 1. The Morgan fingerprint density at radius 2 is 1.88 bits per heavy atom. The number of aromatic nitrogens is 4. The van der Waals surface area contributed by atoms with Crippen LogP contribution in [0.3, 0.4) is 0 Å². The molecule has 1 aliphatic carbocycles. The SMILES string of the molecule is C.Cn1c(=S)c2[nH]c(CCCCCC3CCC#CCC3)nc2n(C)c1=O.[HH]. The van der Waals surface area contributed by atoms with Crippen molar-refractivity contribution in [1.29, 1.82) is 0 Å². The molecule has 0 radical (unpaired) electrons. The first-order valence-electron chi connectivity index (χ1n) is 9.18. The maximum atomic E-state index is 12.1. The van der Waals surface area contributed by atoms with Crippen LogP contribution in [0.2, 0.25) is 0 Å². The lowest BCUT2D eigenvalue weighted by Gasteiger charge is -2.12. The van der Waals surface area contributed by atoms with Gasteiger partial charge in [-0.1, -0.05) is 38.9 Å². The number of nitrogens with one attached hydrogen (secondary N) is 1. The summed E-state index contributed by atoms with van der Waals surface area (Å²) in [6.07, 6.45) is 10.5. The number of aryl methyl sites for hydroxylation is 2. The van der Waals surface area contributed by atoms with Crippen LogP contribution >= 0.6 is 12.2 Å². The highest BCUT2D eigenvalue weighted by atomic mass is 32.1. The summed E-state index contributed by atoms with van der Waals surface area (Å²) in [5.41, 5.74) is 1.30. The monoisotopic (exact) mass is 376 g/mol. The first-order chi connectivity index (χ1) is 12.1. The summed E-state index contributed by atoms with van der Waals surface area (Å²) < 4.78 is 3.56. The Hall–Kier alpha value is -1.87. The maximum Gasteiger partial charge on any atom is 0.330 e. The normalized spacial score (nSPS) is 14.5. The Bertz CT molecular complexity index is 920. The van der Waals surface area contributed by atoms with E-state index in [1.807, 2.05) is 0 Å². The Morgan fingerprint density at radius 1 is 1.19 bits per heavy atom. The molecule has 144 valence electrons. The van der Waals surface area contributed by atoms with Gasteiger partial charge in [0.15, 0.2) is 5.65 Å². The van der Waals surface area contributed by atoms with Crippen molar-refractivity contribution < 1.29 is 1.43 Å². The summed E-state index contributed by atoms with van der Waals surface area (Å²) in [6.45, 7) is 0. The lowest BCUT2D eigenvalue weighted by atomic mass is 9.93. The molecule has 0 saturated carbocycles. The van der Waals surface area contributed by atoms with Gasteiger partial charge in [0.2, 0.25) is 0 Å². The molecule has 2 aromatic rings. The molecule has 2 aromatic heterocycles. The minimum Gasteiger partial charge on any atom is -0.338 e. The minimum absolute atomic E-state index is 0. The van der Waals surface area contributed by atoms with E-state index >= 15 is 0 Å². The second-order valence-corrected chi connectivity index (χ2v) is 7.37. The average molecular weight is 377 g/mol. The summed E-state index contributed by atoms with van der Waals surface area (Å²) in [4.78, 5) is 20.0. The maximum absolute atomic E-state index is 12.1. The van der Waals surface area contributed by atoms with E-state index in [9.17, 15) is 4.79 Å². The largest absolute Gasteiger partial charge is 0.338 e. The Labute approximate surface area is 162 Å². The van der Waals surface area contributed by atoms with E-state index in [2.05, 4.69) is 21.8 Å². The quantitative estimate of drug-likeness (QED) is 0.458. The number of hydrogen-bond acceptors (Lipinski definition) is 3. The molecular weight excluding hydrogens is 344 g/mol. The average Bonchev–Trinajstić information content (AvgIpc) is 2.86. The summed E-state index contributed by atoms with van der Waals surface area (Å²) in [7, 11) is 3.43. The first kappa shape index (κ1) is 20.4. The molecule has 0 fully saturated rings. The highest BCUT2D eigenvalue weighted by molar-refractivity contribution is 7.71. The fraction of sp³-hybridized carbons (Fsp3) is 0.650. The third kappa shape index (κ3) is 4.45. The van der Waals surface area contributed by atoms with Gasteiger partial charge in [-0.2, -0.15) is 0 Å². The van der Waals surface area contributed by atoms with Gasteiger partial charge in [-0.05, 0) is 25.2 Å². The van der Waals surface area contributed by atoms with Crippen LogP contribution in [0.4, 0.5) is 0 Å². The van der Waals surface area contributed by atoms with E-state index in [4.69, 9.17) is 12.2 Å². The van der Waals surface area contributed by atoms with E-state index in [1.165, 1.54) is 36.7 Å². The number of unbranched alkanes of at least 4 members (excludes halogenated alkanes) is 2. The molecule has 6 heteroatoms. The standard InChI is InChI=1S/C19H26N4OS.CH4.H2/c1-22-17-16(18(25)23(2)19(22)24)20-15(21-17)13-9-5-8-12-14-10-6-3-4-7-11-14;;/h14H,5-13H2,1-2H3,(H,20,21);1H4;1H. The lowest BCUT2D eigenvalue weighted by molar-refractivity contribution is 0.413. The highest BCUT2D eigenvalue weighted by Gasteiger charge is 2.12. The minimum atomic E-state index is -0.136. The van der Waals surface area contributed by atoms with Crippen molar-refractivity contribution in [2.45, 2.75) is 65.2 Å². The molecule has 0 spiro atoms. The van der Waals surface area contributed by atoms with Crippen LogP contribution in [0.25, 0.3) is 11.2 Å². The molecule has 0 unspecified atom stereocenters. The van der Waals surface area contributed by atoms with Crippen LogP contribution in [0, 0.1) is 22.4 Å². The van der Waals surface area contributed by atoms with Crippen molar-refractivity contribution in [2.24, 2.45) is 20.0 Å². The van der Waals surface area contributed by atoms with Gasteiger partial charge >= 0.3 is 5.69 Å². The van der Waals surface area contributed by atoms with Gasteiger partial charge in [-0.15, -0.1) is 11.8 Å². The molecule has 5 nitrogen and oxygen atoms in total. The summed E-state index contributed by atoms with van der Waals surface area (Å²) >= 11 is 5.36. The fourth-order valence-corrected chi connectivity index (χ4v) is 3.78. The molecule has 0 atom stereocenters. The van der Waals surface area contributed by atoms with Crippen molar-refractivity contribution in [3.8, 4) is 11.8 Å². The predicted molar refractivity (Wildman–Crippen MR) is 112 cm³/mol. The van der Waals surface area contributed by atoms with Crippen LogP contribution in [0.5, 0.6) is 0 Å². The topological polar surface area (TPSA) is 55.6 Å². The summed E-state index contributed by atoms with van der Waals surface area (Å²) in [5, 5.41) is 0. The van der Waals surface area contributed by atoms with Crippen LogP contribution in [0.1, 0.15) is 66.0 Å². The molecule has 0 aliphatic heterocycles. The van der Waals surface area contributed by atoms with Crippen molar-refractivity contribution >= 4 is 23.4 Å². The molecule has 0 amide bonds. The molecule has 0 bridgehead atoms. The van der Waals surface area contributed by atoms with Crippen LogP contribution in [0.15, 0.2) is 4.79 Å². The summed E-state index contributed by atoms with van der Waals surface area (Å²) in [5.74, 6) is 8.23. The molecule has 3 rings (SSSR count). The smallest absolute Gasteiger partial charge is 0.330 e. The van der Waals surface area contributed by atoms with E-state index in [0.717, 1.165) is 42.9 Å². The fourth-order valence-electron chi connectivity index (χ4n) is 3.56. The van der Waals surface area contributed by atoms with Crippen LogP contribution < -0.4 is 5.69 Å². The molecular formula is C20H32N4OS. The van der Waals surface area contributed by atoms with Crippen LogP contribution in [-0.2, 0) is 20.5 Å². The van der Waals surface area contributed by atoms with E-state index in [-0.39, 0.29) is 14.5 Å². The number of rotatable bonds is 6. The highest BCUT2D eigenvalue weighted by Crippen LogP contribution is 2.22. The second kappa shape index (κ2) is 9.18. The number of H-pyrrole nitrogens is 1. The third-order valence-electron chi connectivity index (χ3n) is 5.15. The zero-order valence-corrected chi connectivity index (χ0v) is 15.9. The van der Waals surface area contributed by atoms with Gasteiger partial charge in [-0.25, -0.2) is 9.78 Å². The van der Waals surface area contributed by atoms with E-state index < -0.39 is 0 Å². The second-order valence-electron chi connectivity index (χ2n) is 6.98. The van der Waals surface area contributed by atoms with Gasteiger partial charge in [0.25, 0.3) is 0 Å². The molecule has 26 heavy (non-hydrogen) atoms. The molecule has 0 saturated heterocycles. The Kier molecular flexibility index (Phi) is 7.22. The van der Waals surface area contributed by atoms with Gasteiger partial charge in [0.05, 0.1) is 0 Å². The molecule has 1 aliphatic rings. The summed E-state index contributed by atoms with van der Waals surface area (Å²) in [6, 6.07) is 0. The predicted octanol–water partition coefficient (Wildman–Crippen LogP) is 4.51. The van der Waals surface area contributed by atoms with Crippen molar-refractivity contribution in [1.82, 2.24) is 19.1 Å². The van der Waals surface area contributed by atoms with Gasteiger partial charge in [0.1, 0.15) is 16.0 Å². The zero-order chi connectivity index (χ0) is 17.8. The third-order valence-corrected chi connectivity index (χ3v) is 5.63. The molecule has 1 N–H and O–H groups in total. The lowest BCUT2D eigenvalue weighted by Crippen LogP contribution is -2.27. The van der Waals surface area contributed by atoms with E-state index in [1.54, 1.807) is 18.7 Å². The Balaban J connectivity index is 0.00000182. The van der Waals surface area contributed by atoms with E-state index in [0.29, 0.717) is 10.3 Å².